The van der Waals surface area contributed by atoms with Crippen molar-refractivity contribution in [3.8, 4) is 5.75 Å². The lowest BCUT2D eigenvalue weighted by molar-refractivity contribution is 0.260. The van der Waals surface area contributed by atoms with Gasteiger partial charge in [0.2, 0.25) is 0 Å². The summed E-state index contributed by atoms with van der Waals surface area (Å²) in [7, 11) is 0. The van der Waals surface area contributed by atoms with Crippen LogP contribution in [0.15, 0.2) is 60.7 Å². The second-order valence-electron chi connectivity index (χ2n) is 8.80. The van der Waals surface area contributed by atoms with Gasteiger partial charge >= 0.3 is 0 Å². The summed E-state index contributed by atoms with van der Waals surface area (Å²) < 4.78 is 5.86. The van der Waals surface area contributed by atoms with Crippen molar-refractivity contribution < 1.29 is 4.74 Å². The Labute approximate surface area is 176 Å². The van der Waals surface area contributed by atoms with Gasteiger partial charge in [-0.25, -0.2) is 0 Å². The lowest BCUT2D eigenvalue weighted by Gasteiger charge is -2.23. The number of likely N-dealkylation sites (tertiary alicyclic amines) is 1. The maximum Gasteiger partial charge on any atom is 0.119 e. The highest BCUT2D eigenvalue weighted by Crippen LogP contribution is 2.36. The highest BCUT2D eigenvalue weighted by molar-refractivity contribution is 5.80. The minimum absolute atomic E-state index is 0.800. The van der Waals surface area contributed by atoms with Crippen LogP contribution >= 0.6 is 0 Å². The molecule has 2 atom stereocenters. The van der Waals surface area contributed by atoms with Gasteiger partial charge in [-0.05, 0) is 72.9 Å². The fourth-order valence-corrected chi connectivity index (χ4v) is 4.90. The van der Waals surface area contributed by atoms with E-state index >= 15 is 0 Å². The molecule has 1 saturated heterocycles. The average molecular weight is 390 g/mol. The predicted molar refractivity (Wildman–Crippen MR) is 122 cm³/mol. The Morgan fingerprint density at radius 3 is 2.52 bits per heavy atom. The number of nitrogens with zero attached hydrogens (tertiary/aromatic N) is 1. The van der Waals surface area contributed by atoms with Crippen LogP contribution in [0.25, 0.3) is 5.57 Å². The van der Waals surface area contributed by atoms with Gasteiger partial charge in [0.05, 0.1) is 6.61 Å². The molecule has 2 heteroatoms. The van der Waals surface area contributed by atoms with Crippen LogP contribution in [0.4, 0.5) is 0 Å². The Morgan fingerprint density at radius 1 is 0.966 bits per heavy atom. The molecule has 0 radical (unpaired) electrons. The fourth-order valence-electron chi connectivity index (χ4n) is 4.90. The molecule has 2 bridgehead atoms. The first kappa shape index (κ1) is 20.2. The number of unbranched alkanes of at least 4 members (excludes halogenated alkanes) is 1. The zero-order chi connectivity index (χ0) is 19.9. The van der Waals surface area contributed by atoms with E-state index in [9.17, 15) is 0 Å². The lowest BCUT2D eigenvalue weighted by atomic mass is 9.97. The van der Waals surface area contributed by atoms with Crippen molar-refractivity contribution in [1.29, 1.82) is 0 Å². The number of hydrogen-bond acceptors (Lipinski definition) is 2. The summed E-state index contributed by atoms with van der Waals surface area (Å²) in [5.41, 5.74) is 3.90. The maximum atomic E-state index is 5.86. The van der Waals surface area contributed by atoms with Gasteiger partial charge in [0.15, 0.2) is 0 Å². The molecule has 1 aliphatic heterocycles. The molecule has 4 rings (SSSR count). The van der Waals surface area contributed by atoms with E-state index in [1.54, 1.807) is 0 Å². The van der Waals surface area contributed by atoms with E-state index in [0.717, 1.165) is 43.6 Å². The van der Waals surface area contributed by atoms with E-state index in [1.807, 2.05) is 0 Å². The van der Waals surface area contributed by atoms with Crippen LogP contribution in [-0.4, -0.2) is 31.1 Å². The van der Waals surface area contributed by atoms with Crippen LogP contribution in [0.3, 0.4) is 0 Å². The van der Waals surface area contributed by atoms with Crippen LogP contribution in [0.1, 0.15) is 56.6 Å². The van der Waals surface area contributed by atoms with Gasteiger partial charge in [-0.15, -0.1) is 0 Å². The zero-order valence-corrected chi connectivity index (χ0v) is 17.9. The Kier molecular flexibility index (Phi) is 7.05. The Hall–Kier alpha value is -2.06. The van der Waals surface area contributed by atoms with E-state index in [4.69, 9.17) is 4.74 Å². The van der Waals surface area contributed by atoms with Crippen LogP contribution in [-0.2, 0) is 0 Å². The summed E-state index contributed by atoms with van der Waals surface area (Å²) in [6.07, 6.45) is 10.5. The minimum Gasteiger partial charge on any atom is -0.494 e. The quantitative estimate of drug-likeness (QED) is 0.483. The van der Waals surface area contributed by atoms with E-state index in [-0.39, 0.29) is 0 Å². The van der Waals surface area contributed by atoms with Gasteiger partial charge in [0, 0.05) is 13.1 Å². The summed E-state index contributed by atoms with van der Waals surface area (Å²) >= 11 is 0. The molecule has 0 unspecified atom stereocenters. The molecule has 2 aromatic rings. The third-order valence-corrected chi connectivity index (χ3v) is 6.59. The first-order valence-corrected chi connectivity index (χ1v) is 11.5. The number of rotatable bonds is 8. The van der Waals surface area contributed by atoms with Crippen molar-refractivity contribution in [2.45, 2.75) is 45.4 Å². The number of benzene rings is 2. The van der Waals surface area contributed by atoms with Gasteiger partial charge in [-0.2, -0.15) is 0 Å². The second kappa shape index (κ2) is 10.1. The standard InChI is InChI=1S/C27H35NO/c1-2-3-19-29-26-13-11-25(12-14-26)27(24-7-5-4-6-8-24)16-18-28-17-15-22-9-10-23(20-22)21-28/h4-8,11-14,16,22-23H,2-3,9-10,15,17-21H2,1H3/b27-16-/t22-,23-/m0/s1. The lowest BCUT2D eigenvalue weighted by Crippen LogP contribution is -2.29. The average Bonchev–Trinajstić information content (AvgIpc) is 3.10. The monoisotopic (exact) mass is 389 g/mol. The second-order valence-corrected chi connectivity index (χ2v) is 8.80. The van der Waals surface area contributed by atoms with Gasteiger partial charge in [-0.1, -0.05) is 68.3 Å². The molecule has 29 heavy (non-hydrogen) atoms. The van der Waals surface area contributed by atoms with Crippen molar-refractivity contribution in [2.24, 2.45) is 11.8 Å². The highest BCUT2D eigenvalue weighted by atomic mass is 16.5. The molecule has 1 aliphatic carbocycles. The molecule has 1 heterocycles. The number of ether oxygens (including phenoxy) is 1. The molecule has 0 aromatic heterocycles. The van der Waals surface area contributed by atoms with Gasteiger partial charge in [-0.3, -0.25) is 4.90 Å². The molecule has 2 fully saturated rings. The highest BCUT2D eigenvalue weighted by Gasteiger charge is 2.29. The van der Waals surface area contributed by atoms with Gasteiger partial charge < -0.3 is 4.74 Å². The number of hydrogen-bond donors (Lipinski definition) is 0. The number of fused-ring (bicyclic) bond motifs is 2. The van der Waals surface area contributed by atoms with Crippen molar-refractivity contribution in [3.63, 3.8) is 0 Å². The predicted octanol–water partition coefficient (Wildman–Crippen LogP) is 6.42. The van der Waals surface area contributed by atoms with Gasteiger partial charge in [0.1, 0.15) is 5.75 Å². The SMILES string of the molecule is CCCCOc1ccc(/C(=C\CN2CC[C@@H]3CC[C@@H](C3)C2)c2ccccc2)cc1. The van der Waals surface area contributed by atoms with Crippen molar-refractivity contribution in [1.82, 2.24) is 4.90 Å². The maximum absolute atomic E-state index is 5.86. The topological polar surface area (TPSA) is 12.5 Å². The van der Waals surface area contributed by atoms with Crippen molar-refractivity contribution >= 4 is 5.57 Å². The third-order valence-electron chi connectivity index (χ3n) is 6.59. The largest absolute Gasteiger partial charge is 0.494 e. The molecule has 0 spiro atoms. The molecule has 1 saturated carbocycles. The Balaban J connectivity index is 1.50. The van der Waals surface area contributed by atoms with E-state index in [0.29, 0.717) is 0 Å². The van der Waals surface area contributed by atoms with Gasteiger partial charge in [0.25, 0.3) is 0 Å². The summed E-state index contributed by atoms with van der Waals surface area (Å²) in [6.45, 7) is 6.57. The molecule has 154 valence electrons. The zero-order valence-electron chi connectivity index (χ0n) is 17.9. The normalized spacial score (nSPS) is 22.4. The van der Waals surface area contributed by atoms with E-state index < -0.39 is 0 Å². The molecule has 2 aliphatic rings. The van der Waals surface area contributed by atoms with Crippen LogP contribution in [0, 0.1) is 11.8 Å². The van der Waals surface area contributed by atoms with Crippen LogP contribution in [0.5, 0.6) is 5.75 Å². The van der Waals surface area contributed by atoms with Crippen LogP contribution < -0.4 is 4.74 Å². The minimum atomic E-state index is 0.800. The molecule has 0 amide bonds. The molecular formula is C27H35NO. The van der Waals surface area contributed by atoms with E-state index in [2.05, 4.69) is 72.5 Å². The van der Waals surface area contributed by atoms with Crippen molar-refractivity contribution in [2.75, 3.05) is 26.2 Å². The fraction of sp³-hybridized carbons (Fsp3) is 0.481. The Morgan fingerprint density at radius 2 is 1.72 bits per heavy atom. The van der Waals surface area contributed by atoms with E-state index in [1.165, 1.54) is 55.5 Å². The molecule has 0 N–H and O–H groups in total. The summed E-state index contributed by atoms with van der Waals surface area (Å²) in [5.74, 6) is 2.89. The first-order valence-electron chi connectivity index (χ1n) is 11.5. The molecule has 2 aromatic carbocycles. The molecule has 2 nitrogen and oxygen atoms in total. The smallest absolute Gasteiger partial charge is 0.119 e. The van der Waals surface area contributed by atoms with Crippen molar-refractivity contribution in [3.05, 3.63) is 71.8 Å². The summed E-state index contributed by atoms with van der Waals surface area (Å²) in [5, 5.41) is 0. The first-order chi connectivity index (χ1) is 14.3. The summed E-state index contributed by atoms with van der Waals surface area (Å²) in [6, 6.07) is 19.5. The third kappa shape index (κ3) is 5.51. The Bertz CT molecular complexity index is 780. The van der Waals surface area contributed by atoms with Crippen LogP contribution in [0.2, 0.25) is 0 Å². The molecular weight excluding hydrogens is 354 g/mol. The summed E-state index contributed by atoms with van der Waals surface area (Å²) in [4.78, 5) is 2.68.